The van der Waals surface area contributed by atoms with E-state index in [1.807, 2.05) is 7.05 Å². The summed E-state index contributed by atoms with van der Waals surface area (Å²) < 4.78 is 5.91. The minimum Gasteiger partial charge on any atom is -0.377 e. The van der Waals surface area contributed by atoms with Crippen molar-refractivity contribution in [3.8, 4) is 0 Å². The number of fused-ring (bicyclic) bond motifs is 1. The number of aliphatic imine (C=N–C) groups is 1. The molecular formula is C26H42N4O. The van der Waals surface area contributed by atoms with Gasteiger partial charge in [0.05, 0.1) is 6.10 Å². The van der Waals surface area contributed by atoms with Crippen molar-refractivity contribution in [3.05, 3.63) is 35.9 Å². The summed E-state index contributed by atoms with van der Waals surface area (Å²) in [6.45, 7) is 10.3. The largest absolute Gasteiger partial charge is 0.377 e. The van der Waals surface area contributed by atoms with Crippen LogP contribution in [0.2, 0.25) is 0 Å². The summed E-state index contributed by atoms with van der Waals surface area (Å²) >= 11 is 0. The summed E-state index contributed by atoms with van der Waals surface area (Å²) in [4.78, 5) is 7.12. The van der Waals surface area contributed by atoms with Gasteiger partial charge in [-0.25, -0.2) is 0 Å². The SMILES string of the molecule is CN=C(NCCCCN1CCC(Cc2ccccc2)CC1)NC1C2CCOC2C1(C)C. The number of hydrogen-bond acceptors (Lipinski definition) is 3. The molecule has 4 rings (SSSR count). The minimum absolute atomic E-state index is 0.186. The van der Waals surface area contributed by atoms with E-state index >= 15 is 0 Å². The number of nitrogens with one attached hydrogen (secondary N) is 2. The first-order valence-corrected chi connectivity index (χ1v) is 12.4. The van der Waals surface area contributed by atoms with Gasteiger partial charge in [0.1, 0.15) is 0 Å². The topological polar surface area (TPSA) is 48.9 Å². The number of likely N-dealkylation sites (tertiary alicyclic amines) is 1. The number of rotatable bonds is 8. The zero-order valence-electron chi connectivity index (χ0n) is 19.8. The molecule has 3 fully saturated rings. The van der Waals surface area contributed by atoms with Crippen LogP contribution < -0.4 is 10.6 Å². The maximum absolute atomic E-state index is 5.91. The van der Waals surface area contributed by atoms with Crippen LogP contribution in [-0.2, 0) is 11.2 Å². The molecule has 1 saturated carbocycles. The average Bonchev–Trinajstić information content (AvgIpc) is 3.25. The molecule has 0 spiro atoms. The highest BCUT2D eigenvalue weighted by atomic mass is 16.5. The number of hydrogen-bond donors (Lipinski definition) is 2. The molecule has 2 aliphatic heterocycles. The van der Waals surface area contributed by atoms with Crippen molar-refractivity contribution in [3.63, 3.8) is 0 Å². The van der Waals surface area contributed by atoms with Crippen LogP contribution in [0.3, 0.4) is 0 Å². The van der Waals surface area contributed by atoms with E-state index in [0.29, 0.717) is 18.1 Å². The van der Waals surface area contributed by atoms with Crippen LogP contribution in [0.1, 0.15) is 51.5 Å². The van der Waals surface area contributed by atoms with E-state index < -0.39 is 0 Å². The molecule has 172 valence electrons. The zero-order chi connectivity index (χ0) is 21.7. The zero-order valence-corrected chi connectivity index (χ0v) is 19.8. The molecule has 2 N–H and O–H groups in total. The van der Waals surface area contributed by atoms with Crippen molar-refractivity contribution in [2.75, 3.05) is 39.8 Å². The third kappa shape index (κ3) is 5.43. The molecule has 0 bridgehead atoms. The number of ether oxygens (including phenoxy) is 1. The monoisotopic (exact) mass is 426 g/mol. The van der Waals surface area contributed by atoms with Gasteiger partial charge in [-0.15, -0.1) is 0 Å². The highest BCUT2D eigenvalue weighted by Gasteiger charge is 2.59. The lowest BCUT2D eigenvalue weighted by Gasteiger charge is -2.54. The molecule has 3 aliphatic rings. The Labute approximate surface area is 189 Å². The van der Waals surface area contributed by atoms with Crippen LogP contribution in [0.4, 0.5) is 0 Å². The molecule has 5 heteroatoms. The molecule has 0 radical (unpaired) electrons. The predicted octanol–water partition coefficient (Wildman–Crippen LogP) is 3.70. The van der Waals surface area contributed by atoms with E-state index in [1.54, 1.807) is 0 Å². The number of guanidine groups is 1. The fourth-order valence-corrected chi connectivity index (χ4v) is 5.99. The van der Waals surface area contributed by atoms with Crippen LogP contribution in [-0.4, -0.2) is 62.8 Å². The first kappa shape index (κ1) is 22.6. The third-order valence-electron chi connectivity index (χ3n) is 7.88. The van der Waals surface area contributed by atoms with Crippen LogP contribution >= 0.6 is 0 Å². The summed E-state index contributed by atoms with van der Waals surface area (Å²) in [6.07, 6.45) is 7.95. The summed E-state index contributed by atoms with van der Waals surface area (Å²) in [6, 6.07) is 11.4. The molecule has 31 heavy (non-hydrogen) atoms. The Morgan fingerprint density at radius 2 is 1.90 bits per heavy atom. The molecule has 1 aromatic rings. The molecule has 2 saturated heterocycles. The van der Waals surface area contributed by atoms with Gasteiger partial charge in [-0.05, 0) is 69.6 Å². The van der Waals surface area contributed by atoms with E-state index in [0.717, 1.165) is 25.0 Å². The molecular weight excluding hydrogens is 384 g/mol. The molecule has 1 aromatic carbocycles. The number of unbranched alkanes of at least 4 members (excludes halogenated alkanes) is 1. The fourth-order valence-electron chi connectivity index (χ4n) is 5.99. The molecule has 0 aromatic heterocycles. The van der Waals surface area contributed by atoms with Crippen LogP contribution in [0.25, 0.3) is 0 Å². The summed E-state index contributed by atoms with van der Waals surface area (Å²) in [5.41, 5.74) is 1.68. The normalized spacial score (nSPS) is 28.7. The van der Waals surface area contributed by atoms with Gasteiger partial charge in [0.15, 0.2) is 5.96 Å². The Kier molecular flexibility index (Phi) is 7.55. The first-order valence-electron chi connectivity index (χ1n) is 12.4. The Balaban J connectivity index is 1.08. The Morgan fingerprint density at radius 1 is 1.13 bits per heavy atom. The quantitative estimate of drug-likeness (QED) is 0.378. The molecule has 0 amide bonds. The van der Waals surface area contributed by atoms with Crippen LogP contribution in [0.15, 0.2) is 35.3 Å². The average molecular weight is 427 g/mol. The highest BCUT2D eigenvalue weighted by Crippen LogP contribution is 2.52. The van der Waals surface area contributed by atoms with E-state index in [-0.39, 0.29) is 5.41 Å². The van der Waals surface area contributed by atoms with Crippen molar-refractivity contribution >= 4 is 5.96 Å². The highest BCUT2D eigenvalue weighted by molar-refractivity contribution is 5.80. The first-order chi connectivity index (χ1) is 15.1. The maximum atomic E-state index is 5.91. The van der Waals surface area contributed by atoms with E-state index in [1.165, 1.54) is 63.7 Å². The number of nitrogens with zero attached hydrogens (tertiary/aromatic N) is 2. The third-order valence-corrected chi connectivity index (χ3v) is 7.88. The fraction of sp³-hybridized carbons (Fsp3) is 0.731. The van der Waals surface area contributed by atoms with Gasteiger partial charge >= 0.3 is 0 Å². The molecule has 3 unspecified atom stereocenters. The Bertz CT molecular complexity index is 711. The summed E-state index contributed by atoms with van der Waals surface area (Å²) in [7, 11) is 1.88. The predicted molar refractivity (Wildman–Crippen MR) is 128 cm³/mol. The van der Waals surface area contributed by atoms with Gasteiger partial charge in [0, 0.05) is 37.6 Å². The number of benzene rings is 1. The van der Waals surface area contributed by atoms with Gasteiger partial charge in [0.25, 0.3) is 0 Å². The second kappa shape index (κ2) is 10.4. The van der Waals surface area contributed by atoms with Gasteiger partial charge in [-0.1, -0.05) is 44.2 Å². The second-order valence-electron chi connectivity index (χ2n) is 10.4. The second-order valence-corrected chi connectivity index (χ2v) is 10.4. The number of piperidine rings is 1. The lowest BCUT2D eigenvalue weighted by atomic mass is 9.57. The van der Waals surface area contributed by atoms with Crippen LogP contribution in [0.5, 0.6) is 0 Å². The van der Waals surface area contributed by atoms with E-state index in [9.17, 15) is 0 Å². The smallest absolute Gasteiger partial charge is 0.191 e. The Morgan fingerprint density at radius 3 is 2.65 bits per heavy atom. The van der Waals surface area contributed by atoms with Crippen molar-refractivity contribution in [1.82, 2.24) is 15.5 Å². The standard InChI is InChI=1S/C26H42N4O/c1-26(2)23(22-13-18-31-24(22)26)29-25(27-3)28-14-7-8-15-30-16-11-21(12-17-30)19-20-9-5-4-6-10-20/h4-6,9-10,21-24H,7-8,11-19H2,1-3H3,(H2,27,28,29). The molecule has 5 nitrogen and oxygen atoms in total. The maximum Gasteiger partial charge on any atom is 0.191 e. The van der Waals surface area contributed by atoms with E-state index in [4.69, 9.17) is 4.74 Å². The summed E-state index contributed by atoms with van der Waals surface area (Å²) in [5.74, 6) is 2.44. The van der Waals surface area contributed by atoms with Gasteiger partial charge < -0.3 is 20.3 Å². The Hall–Kier alpha value is -1.59. The lowest BCUT2D eigenvalue weighted by molar-refractivity contribution is -0.106. The molecule has 3 atom stereocenters. The van der Waals surface area contributed by atoms with E-state index in [2.05, 4.69) is 64.7 Å². The van der Waals surface area contributed by atoms with Gasteiger partial charge in [-0.3, -0.25) is 4.99 Å². The van der Waals surface area contributed by atoms with Crippen molar-refractivity contribution in [1.29, 1.82) is 0 Å². The van der Waals surface area contributed by atoms with Crippen molar-refractivity contribution in [2.45, 2.75) is 64.5 Å². The van der Waals surface area contributed by atoms with Gasteiger partial charge in [0.2, 0.25) is 0 Å². The summed E-state index contributed by atoms with van der Waals surface area (Å²) in [5, 5.41) is 7.22. The van der Waals surface area contributed by atoms with Crippen LogP contribution in [0, 0.1) is 17.3 Å². The van der Waals surface area contributed by atoms with Gasteiger partial charge in [-0.2, -0.15) is 0 Å². The molecule has 1 aliphatic carbocycles. The van der Waals surface area contributed by atoms with Crippen molar-refractivity contribution < 1.29 is 4.74 Å². The lowest BCUT2D eigenvalue weighted by Crippen LogP contribution is -2.67. The van der Waals surface area contributed by atoms with Crippen molar-refractivity contribution in [2.24, 2.45) is 22.2 Å². The minimum atomic E-state index is 0.186. The molecule has 2 heterocycles.